The molecule has 0 amide bonds. The van der Waals surface area contributed by atoms with E-state index in [1.54, 1.807) is 7.11 Å². The Morgan fingerprint density at radius 1 is 1.35 bits per heavy atom. The van der Waals surface area contributed by atoms with Crippen molar-refractivity contribution in [1.82, 2.24) is 15.1 Å². The number of likely N-dealkylation sites (N-methyl/N-ethyl adjacent to an activating group) is 1. The summed E-state index contributed by atoms with van der Waals surface area (Å²) in [6.45, 7) is 8.75. The van der Waals surface area contributed by atoms with Gasteiger partial charge in [-0.15, -0.1) is 0 Å². The summed E-state index contributed by atoms with van der Waals surface area (Å²) in [6, 6.07) is 2.91. The van der Waals surface area contributed by atoms with Gasteiger partial charge in [0.25, 0.3) is 0 Å². The van der Waals surface area contributed by atoms with Gasteiger partial charge in [-0.25, -0.2) is 0 Å². The number of hydrogen-bond acceptors (Lipinski definition) is 3. The first-order valence-electron chi connectivity index (χ1n) is 7.80. The van der Waals surface area contributed by atoms with Crippen molar-refractivity contribution in [2.75, 3.05) is 14.2 Å². The average molecular weight is 281 g/mol. The van der Waals surface area contributed by atoms with Crippen molar-refractivity contribution in [2.45, 2.75) is 71.1 Å². The summed E-state index contributed by atoms with van der Waals surface area (Å²) in [4.78, 5) is 0. The molecule has 2 atom stereocenters. The molecule has 1 N–H and O–H groups in total. The largest absolute Gasteiger partial charge is 0.377 e. The van der Waals surface area contributed by atoms with Crippen molar-refractivity contribution >= 4 is 0 Å². The average Bonchev–Trinajstić information content (AvgIpc) is 2.93. The highest BCUT2D eigenvalue weighted by molar-refractivity contribution is 5.05. The summed E-state index contributed by atoms with van der Waals surface area (Å²) in [5, 5.41) is 8.13. The highest BCUT2D eigenvalue weighted by Gasteiger charge is 2.32. The van der Waals surface area contributed by atoms with Crippen molar-refractivity contribution in [3.05, 3.63) is 18.0 Å². The molecule has 0 spiro atoms. The summed E-state index contributed by atoms with van der Waals surface area (Å²) >= 11 is 0. The zero-order chi connectivity index (χ0) is 15.2. The van der Waals surface area contributed by atoms with Crippen molar-refractivity contribution < 1.29 is 4.74 Å². The number of aromatic nitrogens is 2. The minimum Gasteiger partial charge on any atom is -0.377 e. The normalized spacial score (nSPS) is 16.4. The van der Waals surface area contributed by atoms with Gasteiger partial charge in [0.05, 0.1) is 17.3 Å². The molecule has 116 valence electrons. The van der Waals surface area contributed by atoms with Crippen LogP contribution in [-0.4, -0.2) is 35.6 Å². The Morgan fingerprint density at radius 2 is 2.00 bits per heavy atom. The van der Waals surface area contributed by atoms with Crippen LogP contribution in [0.3, 0.4) is 0 Å². The van der Waals surface area contributed by atoms with Crippen LogP contribution in [0.1, 0.15) is 58.7 Å². The standard InChI is InChI=1S/C16H31N3O/c1-7-14(8-2)19-11-10-13(18-19)12-15(17-5)16(4,9-3)20-6/h10-11,14-15,17H,7-9,12H2,1-6H3. The van der Waals surface area contributed by atoms with Crippen LogP contribution in [-0.2, 0) is 11.2 Å². The first-order valence-corrected chi connectivity index (χ1v) is 7.80. The van der Waals surface area contributed by atoms with E-state index in [2.05, 4.69) is 50.0 Å². The molecule has 0 saturated carbocycles. The lowest BCUT2D eigenvalue weighted by Crippen LogP contribution is -2.49. The Hall–Kier alpha value is -0.870. The van der Waals surface area contributed by atoms with Gasteiger partial charge in [0, 0.05) is 25.8 Å². The molecule has 0 bridgehead atoms. The van der Waals surface area contributed by atoms with Crippen LogP contribution >= 0.6 is 0 Å². The van der Waals surface area contributed by atoms with Crippen LogP contribution in [0.15, 0.2) is 12.3 Å². The van der Waals surface area contributed by atoms with Gasteiger partial charge in [-0.3, -0.25) is 4.68 Å². The lowest BCUT2D eigenvalue weighted by Gasteiger charge is -2.35. The minimum atomic E-state index is -0.159. The third-order valence-electron chi connectivity index (χ3n) is 4.65. The van der Waals surface area contributed by atoms with E-state index >= 15 is 0 Å². The van der Waals surface area contributed by atoms with Crippen molar-refractivity contribution in [3.63, 3.8) is 0 Å². The molecule has 0 fully saturated rings. The molecule has 4 nitrogen and oxygen atoms in total. The maximum absolute atomic E-state index is 5.71. The van der Waals surface area contributed by atoms with E-state index in [4.69, 9.17) is 9.84 Å². The molecule has 1 heterocycles. The highest BCUT2D eigenvalue weighted by atomic mass is 16.5. The molecule has 0 aliphatic heterocycles. The van der Waals surface area contributed by atoms with E-state index in [0.29, 0.717) is 6.04 Å². The molecule has 4 heteroatoms. The Labute approximate surface area is 123 Å². The topological polar surface area (TPSA) is 39.1 Å². The van der Waals surface area contributed by atoms with Gasteiger partial charge in [-0.05, 0) is 39.3 Å². The molecule has 0 saturated heterocycles. The second-order valence-electron chi connectivity index (χ2n) is 5.67. The molecule has 0 aromatic carbocycles. The van der Waals surface area contributed by atoms with Gasteiger partial charge in [0.15, 0.2) is 0 Å². The predicted octanol–water partition coefficient (Wildman–Crippen LogP) is 3.19. The Bertz CT molecular complexity index is 381. The van der Waals surface area contributed by atoms with Crippen LogP contribution in [0, 0.1) is 0 Å². The molecular weight excluding hydrogens is 250 g/mol. The van der Waals surface area contributed by atoms with Gasteiger partial charge in [0.2, 0.25) is 0 Å². The van der Waals surface area contributed by atoms with Crippen molar-refractivity contribution in [3.8, 4) is 0 Å². The molecule has 0 radical (unpaired) electrons. The quantitative estimate of drug-likeness (QED) is 0.755. The van der Waals surface area contributed by atoms with Gasteiger partial charge < -0.3 is 10.1 Å². The first kappa shape index (κ1) is 17.2. The maximum atomic E-state index is 5.71. The van der Waals surface area contributed by atoms with Gasteiger partial charge in [-0.2, -0.15) is 5.10 Å². The Kier molecular flexibility index (Phi) is 6.69. The summed E-state index contributed by atoms with van der Waals surface area (Å²) in [5.74, 6) is 0. The number of hydrogen-bond donors (Lipinski definition) is 1. The Balaban J connectivity index is 2.81. The van der Waals surface area contributed by atoms with Gasteiger partial charge in [-0.1, -0.05) is 20.8 Å². The molecule has 2 unspecified atom stereocenters. The first-order chi connectivity index (χ1) is 9.54. The molecule has 20 heavy (non-hydrogen) atoms. The van der Waals surface area contributed by atoms with Gasteiger partial charge >= 0.3 is 0 Å². The summed E-state index contributed by atoms with van der Waals surface area (Å²) < 4.78 is 7.82. The van der Waals surface area contributed by atoms with E-state index in [1.165, 1.54) is 0 Å². The summed E-state index contributed by atoms with van der Waals surface area (Å²) in [5.41, 5.74) is 0.973. The number of methoxy groups -OCH3 is 1. The van der Waals surface area contributed by atoms with E-state index in [0.717, 1.165) is 31.4 Å². The number of ether oxygens (including phenoxy) is 1. The monoisotopic (exact) mass is 281 g/mol. The summed E-state index contributed by atoms with van der Waals surface area (Å²) in [7, 11) is 3.78. The Morgan fingerprint density at radius 3 is 2.45 bits per heavy atom. The SMILES string of the molecule is CCC(CC)n1ccc(CC(NC)C(C)(CC)OC)n1. The van der Waals surface area contributed by atoms with Crippen molar-refractivity contribution in [1.29, 1.82) is 0 Å². The van der Waals surface area contributed by atoms with E-state index in [1.807, 2.05) is 7.05 Å². The lowest BCUT2D eigenvalue weighted by atomic mass is 9.90. The molecule has 0 aliphatic rings. The van der Waals surface area contributed by atoms with Crippen LogP contribution < -0.4 is 5.32 Å². The number of nitrogens with zero attached hydrogens (tertiary/aromatic N) is 2. The zero-order valence-corrected chi connectivity index (χ0v) is 13.9. The fourth-order valence-electron chi connectivity index (χ4n) is 2.72. The second-order valence-corrected chi connectivity index (χ2v) is 5.67. The van der Waals surface area contributed by atoms with E-state index in [9.17, 15) is 0 Å². The highest BCUT2D eigenvalue weighted by Crippen LogP contribution is 2.22. The van der Waals surface area contributed by atoms with Crippen LogP contribution in [0.4, 0.5) is 0 Å². The number of nitrogens with one attached hydrogen (secondary N) is 1. The fraction of sp³-hybridized carbons (Fsp3) is 0.812. The number of rotatable bonds is 9. The van der Waals surface area contributed by atoms with E-state index in [-0.39, 0.29) is 11.6 Å². The van der Waals surface area contributed by atoms with Crippen LogP contribution in [0.25, 0.3) is 0 Å². The lowest BCUT2D eigenvalue weighted by molar-refractivity contribution is -0.0271. The van der Waals surface area contributed by atoms with Gasteiger partial charge in [0.1, 0.15) is 0 Å². The third kappa shape index (κ3) is 3.83. The van der Waals surface area contributed by atoms with Crippen molar-refractivity contribution in [2.24, 2.45) is 0 Å². The summed E-state index contributed by atoms with van der Waals surface area (Å²) in [6.07, 6.45) is 6.22. The smallest absolute Gasteiger partial charge is 0.0804 e. The molecule has 1 rings (SSSR count). The molecule has 0 aliphatic carbocycles. The third-order valence-corrected chi connectivity index (χ3v) is 4.65. The zero-order valence-electron chi connectivity index (χ0n) is 13.9. The maximum Gasteiger partial charge on any atom is 0.0804 e. The minimum absolute atomic E-state index is 0.159. The van der Waals surface area contributed by atoms with E-state index < -0.39 is 0 Å². The van der Waals surface area contributed by atoms with Crippen LogP contribution in [0.2, 0.25) is 0 Å². The van der Waals surface area contributed by atoms with Crippen LogP contribution in [0.5, 0.6) is 0 Å². The molecular formula is C16H31N3O. The molecule has 1 aromatic rings. The fourth-order valence-corrected chi connectivity index (χ4v) is 2.72. The second kappa shape index (κ2) is 7.79. The predicted molar refractivity (Wildman–Crippen MR) is 84.1 cm³/mol. The molecule has 1 aromatic heterocycles.